The van der Waals surface area contributed by atoms with Gasteiger partial charge in [-0.05, 0) is 44.5 Å². The molecule has 0 saturated heterocycles. The number of hydrogen-bond donors (Lipinski definition) is 2. The molecule has 0 unspecified atom stereocenters. The highest BCUT2D eigenvalue weighted by Gasteiger charge is 2.24. The number of carbonyl (C=O) groups is 2. The lowest BCUT2D eigenvalue weighted by Crippen LogP contribution is -2.44. The van der Waals surface area contributed by atoms with Gasteiger partial charge < -0.3 is 15.2 Å². The number of aliphatic carboxylic acids is 1. The van der Waals surface area contributed by atoms with E-state index in [4.69, 9.17) is 4.74 Å². The van der Waals surface area contributed by atoms with Crippen molar-refractivity contribution in [3.63, 3.8) is 0 Å². The lowest BCUT2D eigenvalue weighted by Gasteiger charge is -2.22. The lowest BCUT2D eigenvalue weighted by molar-refractivity contribution is -0.139. The van der Waals surface area contributed by atoms with Crippen LogP contribution in [0.1, 0.15) is 26.3 Å². The van der Waals surface area contributed by atoms with Crippen molar-refractivity contribution in [3.05, 3.63) is 42.1 Å². The zero-order valence-electron chi connectivity index (χ0n) is 13.4. The van der Waals surface area contributed by atoms with Crippen molar-refractivity contribution in [1.82, 2.24) is 10.3 Å². The van der Waals surface area contributed by atoms with Gasteiger partial charge in [0.25, 0.3) is 0 Å². The first kappa shape index (κ1) is 16.7. The molecule has 1 amide bonds. The Kier molecular flexibility index (Phi) is 4.83. The first-order chi connectivity index (χ1) is 10.7. The van der Waals surface area contributed by atoms with Crippen LogP contribution < -0.4 is 5.32 Å². The maximum Gasteiger partial charge on any atom is 0.408 e. The van der Waals surface area contributed by atoms with Gasteiger partial charge in [0.15, 0.2) is 0 Å². The summed E-state index contributed by atoms with van der Waals surface area (Å²) in [5, 5.41) is 12.6. The van der Waals surface area contributed by atoms with Crippen LogP contribution in [0.3, 0.4) is 0 Å². The van der Waals surface area contributed by atoms with E-state index in [1.54, 1.807) is 27.0 Å². The molecule has 0 spiro atoms. The van der Waals surface area contributed by atoms with Crippen molar-refractivity contribution >= 4 is 23.0 Å². The maximum atomic E-state index is 11.8. The highest BCUT2D eigenvalue weighted by molar-refractivity contribution is 5.82. The van der Waals surface area contributed by atoms with E-state index in [-0.39, 0.29) is 6.42 Å². The van der Waals surface area contributed by atoms with E-state index in [0.717, 1.165) is 16.5 Å². The van der Waals surface area contributed by atoms with Gasteiger partial charge in [-0.1, -0.05) is 12.1 Å². The number of pyridine rings is 1. The molecule has 2 N–H and O–H groups in total. The van der Waals surface area contributed by atoms with Crippen molar-refractivity contribution in [2.45, 2.75) is 38.8 Å². The molecular weight excluding hydrogens is 296 g/mol. The largest absolute Gasteiger partial charge is 0.480 e. The number of carbonyl (C=O) groups excluding carboxylic acids is 1. The molecule has 1 heterocycles. The molecule has 1 atom stereocenters. The van der Waals surface area contributed by atoms with Crippen LogP contribution in [0.2, 0.25) is 0 Å². The minimum Gasteiger partial charge on any atom is -0.480 e. The van der Waals surface area contributed by atoms with Gasteiger partial charge in [0.05, 0.1) is 5.52 Å². The van der Waals surface area contributed by atoms with Gasteiger partial charge in [-0.15, -0.1) is 0 Å². The van der Waals surface area contributed by atoms with Crippen molar-refractivity contribution in [2.75, 3.05) is 0 Å². The molecule has 2 rings (SSSR count). The van der Waals surface area contributed by atoms with E-state index in [2.05, 4.69) is 10.3 Å². The first-order valence-electron chi connectivity index (χ1n) is 7.30. The minimum absolute atomic E-state index is 0.166. The molecule has 2 aromatic rings. The third kappa shape index (κ3) is 4.95. The molecule has 6 heteroatoms. The Morgan fingerprint density at radius 1 is 1.30 bits per heavy atom. The summed E-state index contributed by atoms with van der Waals surface area (Å²) >= 11 is 0. The average molecular weight is 316 g/mol. The number of benzene rings is 1. The number of nitrogens with one attached hydrogen (secondary N) is 1. The number of hydrogen-bond acceptors (Lipinski definition) is 4. The number of nitrogens with zero attached hydrogens (tertiary/aromatic N) is 1. The molecule has 122 valence electrons. The Bertz CT molecular complexity index is 722. The number of rotatable bonds is 4. The third-order valence-corrected chi connectivity index (χ3v) is 3.10. The summed E-state index contributed by atoms with van der Waals surface area (Å²) in [5.41, 5.74) is 0.957. The van der Waals surface area contributed by atoms with E-state index in [0.29, 0.717) is 0 Å². The Morgan fingerprint density at radius 2 is 2.04 bits per heavy atom. The quantitative estimate of drug-likeness (QED) is 0.905. The second kappa shape index (κ2) is 6.64. The van der Waals surface area contributed by atoms with Crippen LogP contribution in [-0.2, 0) is 16.0 Å². The molecule has 0 fully saturated rings. The van der Waals surface area contributed by atoms with Crippen molar-refractivity contribution in [3.8, 4) is 0 Å². The highest BCUT2D eigenvalue weighted by atomic mass is 16.6. The van der Waals surface area contributed by atoms with Crippen LogP contribution in [0.25, 0.3) is 10.9 Å². The number of ether oxygens (including phenoxy) is 1. The molecule has 0 bridgehead atoms. The minimum atomic E-state index is -1.11. The van der Waals surface area contributed by atoms with Gasteiger partial charge in [-0.3, -0.25) is 4.98 Å². The Hall–Kier alpha value is -2.63. The zero-order chi connectivity index (χ0) is 17.0. The van der Waals surface area contributed by atoms with E-state index in [9.17, 15) is 14.7 Å². The van der Waals surface area contributed by atoms with Gasteiger partial charge >= 0.3 is 12.1 Å². The third-order valence-electron chi connectivity index (χ3n) is 3.10. The summed E-state index contributed by atoms with van der Waals surface area (Å²) in [4.78, 5) is 27.4. The molecular formula is C17H20N2O4. The summed E-state index contributed by atoms with van der Waals surface area (Å²) in [6.45, 7) is 5.16. The fourth-order valence-corrected chi connectivity index (χ4v) is 2.14. The van der Waals surface area contributed by atoms with Crippen molar-refractivity contribution in [1.29, 1.82) is 0 Å². The van der Waals surface area contributed by atoms with Gasteiger partial charge in [0, 0.05) is 18.0 Å². The Balaban J connectivity index is 2.11. The second-order valence-corrected chi connectivity index (χ2v) is 6.27. The lowest BCUT2D eigenvalue weighted by atomic mass is 10.0. The van der Waals surface area contributed by atoms with E-state index in [1.807, 2.05) is 30.3 Å². The molecule has 0 aliphatic heterocycles. The number of alkyl carbamates (subject to hydrolysis) is 1. The summed E-state index contributed by atoms with van der Waals surface area (Å²) in [6, 6.07) is 8.18. The Labute approximate surface area is 134 Å². The number of fused-ring (bicyclic) bond motifs is 1. The van der Waals surface area contributed by atoms with Crippen LogP contribution in [-0.4, -0.2) is 33.8 Å². The fourth-order valence-electron chi connectivity index (χ4n) is 2.14. The van der Waals surface area contributed by atoms with Crippen LogP contribution >= 0.6 is 0 Å². The maximum absolute atomic E-state index is 11.8. The van der Waals surface area contributed by atoms with Crippen LogP contribution in [0.15, 0.2) is 36.5 Å². The average Bonchev–Trinajstić information content (AvgIpc) is 2.44. The second-order valence-electron chi connectivity index (χ2n) is 6.27. The van der Waals surface area contributed by atoms with Gasteiger partial charge in [-0.25, -0.2) is 9.59 Å². The van der Waals surface area contributed by atoms with E-state index in [1.165, 1.54) is 0 Å². The standard InChI is InChI=1S/C17H20N2O4/c1-17(2,3)23-16(22)19-14(15(20)21)10-11-6-7-13-12(9-11)5-4-8-18-13/h4-9,14H,10H2,1-3H3,(H,19,22)(H,20,21)/t14-/m0/s1. The van der Waals surface area contributed by atoms with Crippen LogP contribution in [0.4, 0.5) is 4.79 Å². The molecule has 1 aromatic carbocycles. The zero-order valence-corrected chi connectivity index (χ0v) is 13.4. The smallest absolute Gasteiger partial charge is 0.408 e. The Morgan fingerprint density at radius 3 is 2.70 bits per heavy atom. The molecule has 23 heavy (non-hydrogen) atoms. The topological polar surface area (TPSA) is 88.5 Å². The summed E-state index contributed by atoms with van der Waals surface area (Å²) < 4.78 is 5.10. The molecule has 0 radical (unpaired) electrons. The summed E-state index contributed by atoms with van der Waals surface area (Å²) in [6.07, 6.45) is 1.12. The summed E-state index contributed by atoms with van der Waals surface area (Å²) in [7, 11) is 0. The molecule has 0 saturated carbocycles. The van der Waals surface area contributed by atoms with Crippen LogP contribution in [0, 0.1) is 0 Å². The fraction of sp³-hybridized carbons (Fsp3) is 0.353. The first-order valence-corrected chi connectivity index (χ1v) is 7.30. The normalized spacial score (nSPS) is 12.7. The van der Waals surface area contributed by atoms with Gasteiger partial charge in [0.2, 0.25) is 0 Å². The highest BCUT2D eigenvalue weighted by Crippen LogP contribution is 2.15. The SMILES string of the molecule is CC(C)(C)OC(=O)N[C@@H](Cc1ccc2ncccc2c1)C(=O)O. The molecule has 0 aliphatic carbocycles. The van der Waals surface area contributed by atoms with Gasteiger partial charge in [-0.2, -0.15) is 0 Å². The van der Waals surface area contributed by atoms with Crippen LogP contribution in [0.5, 0.6) is 0 Å². The monoisotopic (exact) mass is 316 g/mol. The number of carboxylic acids is 1. The van der Waals surface area contributed by atoms with Crippen molar-refractivity contribution in [2.24, 2.45) is 0 Å². The van der Waals surface area contributed by atoms with Gasteiger partial charge in [0.1, 0.15) is 11.6 Å². The van der Waals surface area contributed by atoms with E-state index >= 15 is 0 Å². The molecule has 0 aliphatic rings. The number of aromatic nitrogens is 1. The van der Waals surface area contributed by atoms with Crippen molar-refractivity contribution < 1.29 is 19.4 Å². The number of carboxylic acid groups (broad SMARTS) is 1. The molecule has 1 aromatic heterocycles. The number of amides is 1. The summed E-state index contributed by atoms with van der Waals surface area (Å²) in [5.74, 6) is -1.11. The predicted molar refractivity (Wildman–Crippen MR) is 86.2 cm³/mol. The molecule has 6 nitrogen and oxygen atoms in total. The van der Waals surface area contributed by atoms with E-state index < -0.39 is 23.7 Å². The predicted octanol–water partition coefficient (Wildman–Crippen LogP) is 2.76.